The highest BCUT2D eigenvalue weighted by molar-refractivity contribution is 5.82. The third-order valence-corrected chi connectivity index (χ3v) is 10.1. The number of benzene rings is 3. The molecule has 7 rings (SSSR count). The number of hydrogen-bond donors (Lipinski definition) is 2. The van der Waals surface area contributed by atoms with Crippen molar-refractivity contribution in [3.8, 4) is 6.07 Å². The van der Waals surface area contributed by atoms with Gasteiger partial charge >= 0.3 is 5.97 Å². The lowest BCUT2D eigenvalue weighted by molar-refractivity contribution is -0.144. The van der Waals surface area contributed by atoms with Crippen LogP contribution in [0.15, 0.2) is 110 Å². The maximum atomic E-state index is 13.1. The van der Waals surface area contributed by atoms with Crippen molar-refractivity contribution in [1.82, 2.24) is 29.7 Å². The average Bonchev–Trinajstić information content (AvgIpc) is 3.63. The van der Waals surface area contributed by atoms with Crippen LogP contribution in [0.4, 0.5) is 0 Å². The summed E-state index contributed by atoms with van der Waals surface area (Å²) in [5.41, 5.74) is 8.87. The van der Waals surface area contributed by atoms with Crippen molar-refractivity contribution in [3.63, 3.8) is 0 Å². The van der Waals surface area contributed by atoms with Gasteiger partial charge in [-0.3, -0.25) is 24.4 Å². The first-order valence-electron chi connectivity index (χ1n) is 18.4. The molecule has 3 aromatic carbocycles. The van der Waals surface area contributed by atoms with E-state index in [-0.39, 0.29) is 11.9 Å². The molecule has 5 aromatic rings. The summed E-state index contributed by atoms with van der Waals surface area (Å²) in [7, 11) is 0. The van der Waals surface area contributed by atoms with Crippen LogP contribution in [-0.4, -0.2) is 66.5 Å². The average molecular weight is 710 g/mol. The van der Waals surface area contributed by atoms with Gasteiger partial charge in [0.15, 0.2) is 0 Å². The third-order valence-electron chi connectivity index (χ3n) is 10.1. The Kier molecular flexibility index (Phi) is 12.8. The minimum atomic E-state index is -0.761. The van der Waals surface area contributed by atoms with Crippen LogP contribution in [0, 0.1) is 11.3 Å². The van der Waals surface area contributed by atoms with E-state index in [2.05, 4.69) is 68.1 Å². The van der Waals surface area contributed by atoms with Crippen LogP contribution >= 0.6 is 0 Å². The van der Waals surface area contributed by atoms with Gasteiger partial charge < -0.3 is 15.0 Å². The van der Waals surface area contributed by atoms with Crippen molar-refractivity contribution in [2.24, 2.45) is 0 Å². The number of aliphatic carboxylic acids is 1. The molecule has 0 radical (unpaired) electrons. The summed E-state index contributed by atoms with van der Waals surface area (Å²) in [4.78, 5) is 37.4. The maximum absolute atomic E-state index is 13.1. The topological polar surface area (TPSA) is 127 Å². The van der Waals surface area contributed by atoms with Crippen LogP contribution in [0.3, 0.4) is 0 Å². The number of rotatable bonds is 12. The van der Waals surface area contributed by atoms with Crippen molar-refractivity contribution in [2.75, 3.05) is 13.1 Å². The molecule has 2 aliphatic heterocycles. The van der Waals surface area contributed by atoms with E-state index in [1.54, 1.807) is 12.4 Å². The van der Waals surface area contributed by atoms with Gasteiger partial charge in [0.25, 0.3) is 0 Å². The number of amides is 1. The van der Waals surface area contributed by atoms with Crippen LogP contribution < -0.4 is 5.32 Å². The van der Waals surface area contributed by atoms with Gasteiger partial charge in [0.2, 0.25) is 5.91 Å². The van der Waals surface area contributed by atoms with Crippen molar-refractivity contribution < 1.29 is 14.7 Å². The predicted octanol–water partition coefficient (Wildman–Crippen LogP) is 5.78. The molecule has 0 bridgehead atoms. The Balaban J connectivity index is 0.000000204. The van der Waals surface area contributed by atoms with E-state index in [0.29, 0.717) is 38.2 Å². The molecule has 2 N–H and O–H groups in total. The molecule has 2 aromatic heterocycles. The molecule has 53 heavy (non-hydrogen) atoms. The summed E-state index contributed by atoms with van der Waals surface area (Å²) in [5.74, 6) is -0.651. The Morgan fingerprint density at radius 2 is 1.49 bits per heavy atom. The summed E-state index contributed by atoms with van der Waals surface area (Å²) >= 11 is 0. The Hall–Kier alpha value is -5.63. The molecular formula is C43H47N7O3. The minimum Gasteiger partial charge on any atom is -0.480 e. The third kappa shape index (κ3) is 9.83. The zero-order chi connectivity index (χ0) is 37.0. The van der Waals surface area contributed by atoms with E-state index in [9.17, 15) is 14.7 Å². The van der Waals surface area contributed by atoms with Crippen molar-refractivity contribution in [2.45, 2.75) is 77.3 Å². The molecule has 0 fully saturated rings. The highest BCUT2D eigenvalue weighted by Gasteiger charge is 2.32. The number of nitrogens with one attached hydrogen (secondary N) is 1. The van der Waals surface area contributed by atoms with Crippen LogP contribution in [0.5, 0.6) is 0 Å². The number of nitriles is 1. The Labute approximate surface area is 311 Å². The Bertz CT molecular complexity index is 2000. The molecule has 0 spiro atoms. The van der Waals surface area contributed by atoms with Gasteiger partial charge in [0.05, 0.1) is 24.0 Å². The molecule has 0 saturated carbocycles. The smallest absolute Gasteiger partial charge is 0.321 e. The number of nitrogens with zero attached hydrogens (tertiary/aromatic N) is 6. The zero-order valence-electron chi connectivity index (χ0n) is 30.3. The number of carboxylic acids is 1. The molecule has 272 valence electrons. The monoisotopic (exact) mass is 709 g/mol. The van der Waals surface area contributed by atoms with Gasteiger partial charge in [-0.25, -0.2) is 4.98 Å². The van der Waals surface area contributed by atoms with Gasteiger partial charge in [-0.05, 0) is 77.4 Å². The van der Waals surface area contributed by atoms with E-state index in [0.717, 1.165) is 61.2 Å². The quantitative estimate of drug-likeness (QED) is 0.167. The van der Waals surface area contributed by atoms with E-state index in [4.69, 9.17) is 5.26 Å². The first-order valence-corrected chi connectivity index (χ1v) is 18.4. The van der Waals surface area contributed by atoms with Crippen LogP contribution in [0.2, 0.25) is 0 Å². The fourth-order valence-corrected chi connectivity index (χ4v) is 7.16. The number of hydrogen-bond acceptors (Lipinski definition) is 7. The first kappa shape index (κ1) is 37.1. The molecule has 0 saturated heterocycles. The fraction of sp³-hybridized carbons (Fsp3) is 0.326. The highest BCUT2D eigenvalue weighted by atomic mass is 16.4. The molecule has 1 amide bonds. The second-order valence-corrected chi connectivity index (χ2v) is 13.8. The second kappa shape index (κ2) is 18.2. The van der Waals surface area contributed by atoms with E-state index < -0.39 is 12.0 Å². The lowest BCUT2D eigenvalue weighted by Gasteiger charge is -2.36. The molecular weight excluding hydrogens is 663 g/mol. The van der Waals surface area contributed by atoms with Crippen LogP contribution in [0.25, 0.3) is 0 Å². The predicted molar refractivity (Wildman–Crippen MR) is 204 cm³/mol. The second-order valence-electron chi connectivity index (χ2n) is 13.8. The number of fused-ring (bicyclic) bond motifs is 2. The number of pyridine rings is 1. The highest BCUT2D eigenvalue weighted by Crippen LogP contribution is 2.26. The fourth-order valence-electron chi connectivity index (χ4n) is 7.16. The summed E-state index contributed by atoms with van der Waals surface area (Å²) in [6.45, 7) is 6.53. The van der Waals surface area contributed by atoms with E-state index >= 15 is 0 Å². The number of carbonyl (C=O) groups excluding carboxylic acids is 1. The summed E-state index contributed by atoms with van der Waals surface area (Å²) in [5, 5.41) is 21.6. The number of unbranched alkanes of at least 4 members (excludes halogenated alkanes) is 1. The largest absolute Gasteiger partial charge is 0.480 e. The number of carboxylic acid groups (broad SMARTS) is 1. The van der Waals surface area contributed by atoms with Crippen LogP contribution in [0.1, 0.15) is 64.4 Å². The summed E-state index contributed by atoms with van der Waals surface area (Å²) in [6, 6.07) is 29.6. The Morgan fingerprint density at radius 3 is 2.13 bits per heavy atom. The molecule has 0 aliphatic carbocycles. The standard InChI is InChI=1S/C27H31N5O.C16H16N2O2/c1-2-3-14-31-19-24-7-5-4-6-23(24)15-26(31)27(33)30-13-12-25-17-29-20-32(25)18-22-10-8-21(16-28)9-11-22;19-16(20)15-8-13-5-1-2-6-14(13)11-18(15)10-12-4-3-7-17-9-12/h4-11,17,20,26H,2-3,12-15,18-19H2,1H3,(H,30,33);1-7,9,15H,8,10-11H2,(H,19,20)/t26-;15-/m00/s1. The molecule has 10 nitrogen and oxygen atoms in total. The van der Waals surface area contributed by atoms with Gasteiger partial charge in [0, 0.05) is 63.4 Å². The summed E-state index contributed by atoms with van der Waals surface area (Å²) in [6.07, 6.45) is 11.5. The lowest BCUT2D eigenvalue weighted by Crippen LogP contribution is -2.50. The van der Waals surface area contributed by atoms with Crippen molar-refractivity contribution in [3.05, 3.63) is 154 Å². The van der Waals surface area contributed by atoms with Gasteiger partial charge in [-0.1, -0.05) is 80.1 Å². The van der Waals surface area contributed by atoms with Crippen LogP contribution in [-0.2, 0) is 55.0 Å². The number of imidazole rings is 1. The molecule has 4 heterocycles. The first-order chi connectivity index (χ1) is 25.9. The van der Waals surface area contributed by atoms with Crippen molar-refractivity contribution in [1.29, 1.82) is 5.26 Å². The van der Waals surface area contributed by atoms with E-state index in [1.165, 1.54) is 16.7 Å². The lowest BCUT2D eigenvalue weighted by atomic mass is 9.93. The van der Waals surface area contributed by atoms with Gasteiger partial charge in [-0.2, -0.15) is 5.26 Å². The molecule has 2 atom stereocenters. The van der Waals surface area contributed by atoms with Gasteiger partial charge in [0.1, 0.15) is 6.04 Å². The van der Waals surface area contributed by atoms with E-state index in [1.807, 2.05) is 72.0 Å². The maximum Gasteiger partial charge on any atom is 0.321 e. The summed E-state index contributed by atoms with van der Waals surface area (Å²) < 4.78 is 2.10. The van der Waals surface area contributed by atoms with Gasteiger partial charge in [-0.15, -0.1) is 0 Å². The number of aromatic nitrogens is 3. The Morgan fingerprint density at radius 1 is 0.811 bits per heavy atom. The van der Waals surface area contributed by atoms with Crippen molar-refractivity contribution >= 4 is 11.9 Å². The molecule has 0 unspecified atom stereocenters. The molecule has 2 aliphatic rings. The SMILES string of the molecule is CCCCN1Cc2ccccc2C[C@H]1C(=O)NCCc1cncn1Cc1ccc(C#N)cc1.O=C(O)[C@@H]1Cc2ccccc2CN1Cc1cccnc1. The minimum absolute atomic E-state index is 0.110. The molecule has 10 heteroatoms. The zero-order valence-corrected chi connectivity index (χ0v) is 30.3. The normalized spacial score (nSPS) is 16.7. The number of carbonyl (C=O) groups is 2.